The normalized spacial score (nSPS) is 21.2. The summed E-state index contributed by atoms with van der Waals surface area (Å²) in [5.74, 6) is -0.0632. The van der Waals surface area contributed by atoms with Gasteiger partial charge in [0.1, 0.15) is 0 Å². The van der Waals surface area contributed by atoms with Crippen molar-refractivity contribution in [1.29, 1.82) is 0 Å². The largest absolute Gasteiger partial charge is 0.466 e. The Labute approximate surface area is 134 Å². The van der Waals surface area contributed by atoms with Crippen molar-refractivity contribution < 1.29 is 19.1 Å². The Morgan fingerprint density at radius 1 is 1.00 bits per heavy atom. The molecule has 0 aromatic carbocycles. The molecule has 3 atom stereocenters. The molecule has 1 aliphatic rings. The van der Waals surface area contributed by atoms with Gasteiger partial charge in [-0.2, -0.15) is 0 Å². The number of esters is 2. The van der Waals surface area contributed by atoms with Crippen molar-refractivity contribution >= 4 is 11.9 Å². The lowest BCUT2D eigenvalue weighted by atomic mass is 9.95. The Morgan fingerprint density at radius 3 is 2.32 bits per heavy atom. The van der Waals surface area contributed by atoms with E-state index in [9.17, 15) is 9.59 Å². The zero-order chi connectivity index (χ0) is 16.4. The maximum Gasteiger partial charge on any atom is 0.309 e. The second-order valence-electron chi connectivity index (χ2n) is 6.32. The molecule has 0 radical (unpaired) electrons. The molecule has 128 valence electrons. The molecule has 0 aromatic rings. The maximum absolute atomic E-state index is 12.2. The van der Waals surface area contributed by atoms with Gasteiger partial charge in [-0.3, -0.25) is 9.59 Å². The van der Waals surface area contributed by atoms with Crippen LogP contribution in [0.4, 0.5) is 0 Å². The molecule has 22 heavy (non-hydrogen) atoms. The summed E-state index contributed by atoms with van der Waals surface area (Å²) in [7, 11) is 0. The predicted molar refractivity (Wildman–Crippen MR) is 86.3 cm³/mol. The van der Waals surface area contributed by atoms with Crippen LogP contribution in [0.15, 0.2) is 0 Å². The van der Waals surface area contributed by atoms with E-state index in [1.165, 1.54) is 12.8 Å². The minimum atomic E-state index is -0.144. The average Bonchev–Trinajstić information content (AvgIpc) is 3.28. The zero-order valence-electron chi connectivity index (χ0n) is 14.4. The Balaban J connectivity index is 2.29. The Morgan fingerprint density at radius 2 is 1.68 bits per heavy atom. The highest BCUT2D eigenvalue weighted by Crippen LogP contribution is 2.39. The summed E-state index contributed by atoms with van der Waals surface area (Å²) in [6.07, 6.45) is 8.24. The molecule has 4 nitrogen and oxygen atoms in total. The van der Waals surface area contributed by atoms with Crippen molar-refractivity contribution in [3.8, 4) is 0 Å². The van der Waals surface area contributed by atoms with Crippen molar-refractivity contribution in [2.24, 2.45) is 17.8 Å². The van der Waals surface area contributed by atoms with Crippen molar-refractivity contribution in [1.82, 2.24) is 0 Å². The van der Waals surface area contributed by atoms with Gasteiger partial charge in [0.25, 0.3) is 0 Å². The van der Waals surface area contributed by atoms with E-state index in [1.807, 2.05) is 6.92 Å². The summed E-state index contributed by atoms with van der Waals surface area (Å²) in [6, 6.07) is 0. The maximum atomic E-state index is 12.2. The van der Waals surface area contributed by atoms with Gasteiger partial charge in [-0.15, -0.1) is 0 Å². The number of rotatable bonds is 12. The second kappa shape index (κ2) is 10.6. The molecule has 1 fully saturated rings. The fraction of sp³-hybridized carbons (Fsp3) is 0.889. The zero-order valence-corrected chi connectivity index (χ0v) is 14.4. The SMILES string of the molecule is CCCCCC(CCCC)C(=O)OCC1CC1C(=O)OCC. The van der Waals surface area contributed by atoms with Crippen LogP contribution < -0.4 is 0 Å². The van der Waals surface area contributed by atoms with Gasteiger partial charge in [-0.1, -0.05) is 46.0 Å². The Bertz CT molecular complexity index is 340. The molecule has 0 spiro atoms. The van der Waals surface area contributed by atoms with Crippen LogP contribution in [0.3, 0.4) is 0 Å². The summed E-state index contributed by atoms with van der Waals surface area (Å²) in [5.41, 5.74) is 0. The molecule has 0 heterocycles. The van der Waals surface area contributed by atoms with Gasteiger partial charge >= 0.3 is 11.9 Å². The van der Waals surface area contributed by atoms with Gasteiger partial charge in [0.05, 0.1) is 25.0 Å². The van der Waals surface area contributed by atoms with Crippen molar-refractivity contribution in [3.05, 3.63) is 0 Å². The molecule has 0 aromatic heterocycles. The molecule has 0 bridgehead atoms. The van der Waals surface area contributed by atoms with E-state index < -0.39 is 0 Å². The summed E-state index contributed by atoms with van der Waals surface area (Å²) in [5, 5.41) is 0. The van der Waals surface area contributed by atoms with Crippen LogP contribution in [0.1, 0.15) is 72.1 Å². The molecular formula is C18H32O4. The van der Waals surface area contributed by atoms with Crippen LogP contribution in [0.5, 0.6) is 0 Å². The van der Waals surface area contributed by atoms with E-state index in [-0.39, 0.29) is 29.7 Å². The lowest BCUT2D eigenvalue weighted by Crippen LogP contribution is -2.20. The minimum absolute atomic E-state index is 0.0336. The minimum Gasteiger partial charge on any atom is -0.466 e. The number of ether oxygens (including phenoxy) is 2. The van der Waals surface area contributed by atoms with Crippen molar-refractivity contribution in [2.45, 2.75) is 72.1 Å². The van der Waals surface area contributed by atoms with E-state index in [2.05, 4.69) is 13.8 Å². The van der Waals surface area contributed by atoms with Crippen molar-refractivity contribution in [3.63, 3.8) is 0 Å². The summed E-state index contributed by atoms with van der Waals surface area (Å²) in [4.78, 5) is 23.8. The summed E-state index contributed by atoms with van der Waals surface area (Å²) < 4.78 is 10.5. The monoisotopic (exact) mass is 312 g/mol. The number of hydrogen-bond acceptors (Lipinski definition) is 4. The fourth-order valence-corrected chi connectivity index (χ4v) is 2.75. The number of hydrogen-bond donors (Lipinski definition) is 0. The van der Waals surface area contributed by atoms with Crippen molar-refractivity contribution in [2.75, 3.05) is 13.2 Å². The third-order valence-corrected chi connectivity index (χ3v) is 4.35. The smallest absolute Gasteiger partial charge is 0.309 e. The quantitative estimate of drug-likeness (QED) is 0.402. The first-order valence-electron chi connectivity index (χ1n) is 8.97. The molecule has 1 aliphatic carbocycles. The summed E-state index contributed by atoms with van der Waals surface area (Å²) >= 11 is 0. The van der Waals surface area contributed by atoms with Crippen LogP contribution in [0.25, 0.3) is 0 Å². The average molecular weight is 312 g/mol. The first kappa shape index (κ1) is 19.0. The van der Waals surface area contributed by atoms with Crippen LogP contribution in [-0.4, -0.2) is 25.2 Å². The van der Waals surface area contributed by atoms with Crippen LogP contribution in [0.2, 0.25) is 0 Å². The van der Waals surface area contributed by atoms with Crippen LogP contribution in [0, 0.1) is 17.8 Å². The summed E-state index contributed by atoms with van der Waals surface area (Å²) in [6.45, 7) is 6.91. The van der Waals surface area contributed by atoms with Crippen LogP contribution in [-0.2, 0) is 19.1 Å². The van der Waals surface area contributed by atoms with E-state index in [1.54, 1.807) is 0 Å². The van der Waals surface area contributed by atoms with Gasteiger partial charge in [-0.05, 0) is 26.2 Å². The highest BCUT2D eigenvalue weighted by molar-refractivity contribution is 5.76. The number of carbonyl (C=O) groups is 2. The highest BCUT2D eigenvalue weighted by atomic mass is 16.5. The molecule has 1 saturated carbocycles. The Hall–Kier alpha value is -1.06. The molecule has 0 aliphatic heterocycles. The molecule has 3 unspecified atom stereocenters. The standard InChI is InChI=1S/C18H32O4/c1-4-7-9-11-14(10-8-5-2)17(19)22-13-15-12-16(15)18(20)21-6-3/h14-16H,4-13H2,1-3H3. The van der Waals surface area contributed by atoms with Crippen LogP contribution >= 0.6 is 0 Å². The fourth-order valence-electron chi connectivity index (χ4n) is 2.75. The highest BCUT2D eigenvalue weighted by Gasteiger charge is 2.45. The topological polar surface area (TPSA) is 52.6 Å². The van der Waals surface area contributed by atoms with E-state index >= 15 is 0 Å². The van der Waals surface area contributed by atoms with Gasteiger partial charge < -0.3 is 9.47 Å². The number of unbranched alkanes of at least 4 members (excludes halogenated alkanes) is 3. The lowest BCUT2D eigenvalue weighted by Gasteiger charge is -2.15. The molecule has 4 heteroatoms. The molecule has 1 rings (SSSR count). The van der Waals surface area contributed by atoms with E-state index in [4.69, 9.17) is 9.47 Å². The van der Waals surface area contributed by atoms with Gasteiger partial charge in [-0.25, -0.2) is 0 Å². The third kappa shape index (κ3) is 6.80. The first-order chi connectivity index (χ1) is 10.6. The van der Waals surface area contributed by atoms with E-state index in [0.717, 1.165) is 38.5 Å². The van der Waals surface area contributed by atoms with Gasteiger partial charge in [0.2, 0.25) is 0 Å². The molecule has 0 amide bonds. The van der Waals surface area contributed by atoms with Gasteiger partial charge in [0, 0.05) is 5.92 Å². The first-order valence-corrected chi connectivity index (χ1v) is 8.97. The van der Waals surface area contributed by atoms with E-state index in [0.29, 0.717) is 13.2 Å². The lowest BCUT2D eigenvalue weighted by molar-refractivity contribution is -0.151. The Kier molecular flexibility index (Phi) is 9.17. The van der Waals surface area contributed by atoms with Gasteiger partial charge in [0.15, 0.2) is 0 Å². The molecular weight excluding hydrogens is 280 g/mol. The second-order valence-corrected chi connectivity index (χ2v) is 6.32. The third-order valence-electron chi connectivity index (χ3n) is 4.35. The predicted octanol–water partition coefficient (Wildman–Crippen LogP) is 4.12. The molecule has 0 N–H and O–H groups in total. The molecule has 0 saturated heterocycles. The number of carbonyl (C=O) groups excluding carboxylic acids is 2.